The van der Waals surface area contributed by atoms with Crippen LogP contribution in [0.1, 0.15) is 18.1 Å². The highest BCUT2D eigenvalue weighted by atomic mass is 32.2. The van der Waals surface area contributed by atoms with Crippen LogP contribution in [-0.2, 0) is 0 Å². The number of aromatic nitrogens is 1. The Labute approximate surface area is 150 Å². The molecular formula is C18H16N4O2S. The summed E-state index contributed by atoms with van der Waals surface area (Å²) in [6.45, 7) is 5.81. The lowest BCUT2D eigenvalue weighted by molar-refractivity contribution is 0.318. The minimum absolute atomic E-state index is 0.0223. The van der Waals surface area contributed by atoms with Crippen LogP contribution in [0.5, 0.6) is 11.5 Å². The molecule has 0 bridgehead atoms. The smallest absolute Gasteiger partial charge is 0.161 e. The fourth-order valence-corrected chi connectivity index (χ4v) is 3.00. The summed E-state index contributed by atoms with van der Waals surface area (Å²) in [5.74, 6) is 0.843. The molecule has 0 atom stereocenters. The highest BCUT2D eigenvalue weighted by molar-refractivity contribution is 7.99. The molecular weight excluding hydrogens is 336 g/mol. The summed E-state index contributed by atoms with van der Waals surface area (Å²) in [5, 5.41) is 29.4. The summed E-state index contributed by atoms with van der Waals surface area (Å²) in [4.78, 5) is 4.18. The molecule has 2 rings (SSSR count). The molecule has 7 heteroatoms. The Bertz CT molecular complexity index is 897. The van der Waals surface area contributed by atoms with Crippen molar-refractivity contribution in [1.29, 1.82) is 10.5 Å². The number of anilines is 1. The topological polar surface area (TPSA) is 116 Å². The number of phenols is 1. The number of nitriles is 2. The van der Waals surface area contributed by atoms with E-state index in [-0.39, 0.29) is 28.4 Å². The standard InChI is InChI=1S/C18H16N4O2S/c1-3-7-25-18-13(10-20)16(12(9-19)17(21)22-18)11-5-6-14(23)15(8-11)24-4-2/h3,5-6,8,23H,1,4,7H2,2H3,(H2,21,22). The van der Waals surface area contributed by atoms with Gasteiger partial charge >= 0.3 is 0 Å². The molecule has 0 saturated carbocycles. The molecule has 0 radical (unpaired) electrons. The zero-order valence-corrected chi connectivity index (χ0v) is 14.4. The fourth-order valence-electron chi connectivity index (χ4n) is 2.27. The maximum atomic E-state index is 9.88. The predicted octanol–water partition coefficient (Wildman–Crippen LogP) is 3.46. The van der Waals surface area contributed by atoms with Crippen LogP contribution in [0.4, 0.5) is 5.82 Å². The third kappa shape index (κ3) is 3.68. The molecule has 1 heterocycles. The molecule has 0 aliphatic carbocycles. The van der Waals surface area contributed by atoms with E-state index in [1.165, 1.54) is 17.8 Å². The summed E-state index contributed by atoms with van der Waals surface area (Å²) >= 11 is 1.31. The zero-order valence-electron chi connectivity index (χ0n) is 13.6. The van der Waals surface area contributed by atoms with Gasteiger partial charge in [-0.15, -0.1) is 18.3 Å². The number of aromatic hydroxyl groups is 1. The second-order valence-electron chi connectivity index (χ2n) is 4.87. The van der Waals surface area contributed by atoms with E-state index in [0.717, 1.165) is 0 Å². The van der Waals surface area contributed by atoms with Crippen LogP contribution in [0, 0.1) is 22.7 Å². The van der Waals surface area contributed by atoms with Crippen molar-refractivity contribution < 1.29 is 9.84 Å². The number of thioether (sulfide) groups is 1. The van der Waals surface area contributed by atoms with Gasteiger partial charge in [0.25, 0.3) is 0 Å². The molecule has 126 valence electrons. The summed E-state index contributed by atoms with van der Waals surface area (Å²) in [5.41, 5.74) is 7.23. The van der Waals surface area contributed by atoms with E-state index in [9.17, 15) is 15.6 Å². The van der Waals surface area contributed by atoms with E-state index in [1.807, 2.05) is 6.07 Å². The Hall–Kier alpha value is -3.16. The third-order valence-electron chi connectivity index (χ3n) is 3.30. The Morgan fingerprint density at radius 2 is 2.08 bits per heavy atom. The molecule has 0 spiro atoms. The Morgan fingerprint density at radius 3 is 2.68 bits per heavy atom. The van der Waals surface area contributed by atoms with Crippen molar-refractivity contribution in [3.05, 3.63) is 42.0 Å². The van der Waals surface area contributed by atoms with Gasteiger partial charge in [-0.05, 0) is 24.6 Å². The van der Waals surface area contributed by atoms with Crippen molar-refractivity contribution in [2.75, 3.05) is 18.1 Å². The maximum absolute atomic E-state index is 9.88. The van der Waals surface area contributed by atoms with Crippen molar-refractivity contribution in [1.82, 2.24) is 4.98 Å². The number of rotatable bonds is 6. The first-order chi connectivity index (χ1) is 12.1. The number of pyridine rings is 1. The first-order valence-electron chi connectivity index (χ1n) is 7.40. The molecule has 0 fully saturated rings. The van der Waals surface area contributed by atoms with Crippen LogP contribution in [-0.4, -0.2) is 22.5 Å². The van der Waals surface area contributed by atoms with Crippen LogP contribution < -0.4 is 10.5 Å². The summed E-state index contributed by atoms with van der Waals surface area (Å²) < 4.78 is 5.39. The average molecular weight is 352 g/mol. The Balaban J connectivity index is 2.77. The van der Waals surface area contributed by atoms with Gasteiger partial charge in [0.05, 0.1) is 12.2 Å². The second-order valence-corrected chi connectivity index (χ2v) is 5.87. The predicted molar refractivity (Wildman–Crippen MR) is 97.3 cm³/mol. The van der Waals surface area contributed by atoms with Crippen molar-refractivity contribution in [3.8, 4) is 34.8 Å². The van der Waals surface area contributed by atoms with Crippen molar-refractivity contribution in [2.24, 2.45) is 0 Å². The normalized spacial score (nSPS) is 9.88. The second kappa shape index (κ2) is 8.09. The van der Waals surface area contributed by atoms with Gasteiger partial charge in [-0.2, -0.15) is 10.5 Å². The van der Waals surface area contributed by atoms with E-state index in [2.05, 4.69) is 17.6 Å². The lowest BCUT2D eigenvalue weighted by Crippen LogP contribution is -2.03. The number of ether oxygens (including phenoxy) is 1. The van der Waals surface area contributed by atoms with Gasteiger partial charge in [0.1, 0.15) is 28.5 Å². The largest absolute Gasteiger partial charge is 0.504 e. The van der Waals surface area contributed by atoms with Gasteiger partial charge < -0.3 is 15.6 Å². The first-order valence-corrected chi connectivity index (χ1v) is 8.39. The number of hydrogen-bond donors (Lipinski definition) is 2. The third-order valence-corrected chi connectivity index (χ3v) is 4.27. The monoisotopic (exact) mass is 352 g/mol. The maximum Gasteiger partial charge on any atom is 0.161 e. The van der Waals surface area contributed by atoms with Gasteiger partial charge in [-0.25, -0.2) is 4.98 Å². The molecule has 0 aliphatic rings. The van der Waals surface area contributed by atoms with Crippen molar-refractivity contribution in [3.63, 3.8) is 0 Å². The number of nitrogens with two attached hydrogens (primary N) is 1. The van der Waals surface area contributed by atoms with E-state index in [1.54, 1.807) is 25.1 Å². The molecule has 25 heavy (non-hydrogen) atoms. The molecule has 0 saturated heterocycles. The number of nitrogens with zero attached hydrogens (tertiary/aromatic N) is 3. The van der Waals surface area contributed by atoms with E-state index < -0.39 is 0 Å². The molecule has 0 aliphatic heterocycles. The van der Waals surface area contributed by atoms with E-state index in [4.69, 9.17) is 10.5 Å². The minimum Gasteiger partial charge on any atom is -0.504 e. The highest BCUT2D eigenvalue weighted by Gasteiger charge is 2.21. The molecule has 0 unspecified atom stereocenters. The van der Waals surface area contributed by atoms with Crippen LogP contribution in [0.25, 0.3) is 11.1 Å². The number of hydrogen-bond acceptors (Lipinski definition) is 7. The van der Waals surface area contributed by atoms with Crippen molar-refractivity contribution >= 4 is 17.6 Å². The first kappa shape index (κ1) is 18.2. The van der Waals surface area contributed by atoms with Crippen LogP contribution >= 0.6 is 11.8 Å². The summed E-state index contributed by atoms with van der Waals surface area (Å²) in [6.07, 6.45) is 1.69. The number of phenolic OH excluding ortho intramolecular Hbond substituents is 1. The van der Waals surface area contributed by atoms with Gasteiger partial charge in [0, 0.05) is 11.3 Å². The summed E-state index contributed by atoms with van der Waals surface area (Å²) in [6, 6.07) is 8.77. The molecule has 0 amide bonds. The lowest BCUT2D eigenvalue weighted by Gasteiger charge is -2.14. The quantitative estimate of drug-likeness (QED) is 0.604. The molecule has 2 aromatic rings. The molecule has 6 nitrogen and oxygen atoms in total. The number of benzene rings is 1. The Morgan fingerprint density at radius 1 is 1.36 bits per heavy atom. The molecule has 1 aromatic heterocycles. The van der Waals surface area contributed by atoms with Gasteiger partial charge in [-0.3, -0.25) is 0 Å². The van der Waals surface area contributed by atoms with Crippen LogP contribution in [0.2, 0.25) is 0 Å². The van der Waals surface area contributed by atoms with E-state index >= 15 is 0 Å². The SMILES string of the molecule is C=CCSc1nc(N)c(C#N)c(-c2ccc(O)c(OCC)c2)c1C#N. The van der Waals surface area contributed by atoms with Gasteiger partial charge in [-0.1, -0.05) is 12.1 Å². The average Bonchev–Trinajstić information content (AvgIpc) is 2.61. The minimum atomic E-state index is -0.0223. The lowest BCUT2D eigenvalue weighted by atomic mass is 9.96. The van der Waals surface area contributed by atoms with Crippen LogP contribution in [0.3, 0.4) is 0 Å². The zero-order chi connectivity index (χ0) is 18.4. The molecule has 1 aromatic carbocycles. The van der Waals surface area contributed by atoms with Crippen LogP contribution in [0.15, 0.2) is 35.9 Å². The Kier molecular flexibility index (Phi) is 5.89. The molecule has 3 N–H and O–H groups in total. The van der Waals surface area contributed by atoms with Gasteiger partial charge in [0.2, 0.25) is 0 Å². The summed E-state index contributed by atoms with van der Waals surface area (Å²) in [7, 11) is 0. The van der Waals surface area contributed by atoms with Crippen molar-refractivity contribution in [2.45, 2.75) is 11.9 Å². The van der Waals surface area contributed by atoms with Gasteiger partial charge in [0.15, 0.2) is 11.5 Å². The highest BCUT2D eigenvalue weighted by Crippen LogP contribution is 2.39. The number of nitrogen functional groups attached to an aromatic ring is 1. The fraction of sp³-hybridized carbons (Fsp3) is 0.167. The van der Waals surface area contributed by atoms with E-state index in [0.29, 0.717) is 28.5 Å².